The molecule has 3 heterocycles. The van der Waals surface area contributed by atoms with E-state index in [0.29, 0.717) is 11.3 Å². The number of aryl methyl sites for hydroxylation is 2. The Balaban J connectivity index is 1.54. The predicted molar refractivity (Wildman–Crippen MR) is 113 cm³/mol. The van der Waals surface area contributed by atoms with E-state index in [2.05, 4.69) is 28.2 Å². The van der Waals surface area contributed by atoms with Crippen LogP contribution in [0.4, 0.5) is 0 Å². The number of aromatic nitrogens is 4. The number of hydrogen-bond acceptors (Lipinski definition) is 4. The lowest BCUT2D eigenvalue weighted by atomic mass is 10.0. The van der Waals surface area contributed by atoms with Gasteiger partial charge in [-0.1, -0.05) is 18.2 Å². The molecule has 0 bridgehead atoms. The van der Waals surface area contributed by atoms with Crippen molar-refractivity contribution in [3.8, 4) is 0 Å². The fourth-order valence-electron chi connectivity index (χ4n) is 3.39. The summed E-state index contributed by atoms with van der Waals surface area (Å²) < 4.78 is 4.22. The zero-order valence-electron chi connectivity index (χ0n) is 15.3. The molecule has 3 aromatic heterocycles. The normalized spacial score (nSPS) is 14.0. The van der Waals surface area contributed by atoms with E-state index >= 15 is 0 Å². The molecule has 0 radical (unpaired) electrons. The molecular weight excluding hydrogens is 376 g/mol. The third-order valence-corrected chi connectivity index (χ3v) is 6.11. The number of thiophene rings is 1. The Morgan fingerprint density at radius 3 is 2.96 bits per heavy atom. The standard InChI is InChI=1S/C20H22N4OS2/c1-14-12-23(13-21-14)8-5-9-24-19(25)17-11-16(27-18(17)22-20(24)26)10-15-6-3-2-4-7-15/h3,6-7,11-13H,2,4-5,8-10H2,1H3,(H,22,26). The van der Waals surface area contributed by atoms with Gasteiger partial charge >= 0.3 is 0 Å². The topological polar surface area (TPSA) is 55.6 Å². The van der Waals surface area contributed by atoms with Crippen LogP contribution >= 0.6 is 23.6 Å². The monoisotopic (exact) mass is 398 g/mol. The van der Waals surface area contributed by atoms with Crippen molar-refractivity contribution >= 4 is 33.8 Å². The average molecular weight is 399 g/mol. The number of imidazole rings is 1. The van der Waals surface area contributed by atoms with E-state index < -0.39 is 0 Å². The van der Waals surface area contributed by atoms with Gasteiger partial charge in [-0.05, 0) is 50.0 Å². The van der Waals surface area contributed by atoms with Gasteiger partial charge in [0.05, 0.1) is 17.4 Å². The van der Waals surface area contributed by atoms with Crippen LogP contribution in [0.2, 0.25) is 0 Å². The van der Waals surface area contributed by atoms with Crippen molar-refractivity contribution in [2.45, 2.75) is 45.7 Å². The molecule has 0 aliphatic heterocycles. The Bertz CT molecular complexity index is 1140. The molecule has 1 N–H and O–H groups in total. The van der Waals surface area contributed by atoms with Crippen LogP contribution in [0.1, 0.15) is 29.8 Å². The van der Waals surface area contributed by atoms with Crippen LogP contribution in [0.3, 0.4) is 0 Å². The van der Waals surface area contributed by atoms with Gasteiger partial charge in [-0.25, -0.2) is 4.98 Å². The highest BCUT2D eigenvalue weighted by Crippen LogP contribution is 2.25. The van der Waals surface area contributed by atoms with Gasteiger partial charge in [-0.2, -0.15) is 0 Å². The van der Waals surface area contributed by atoms with Gasteiger partial charge in [-0.3, -0.25) is 9.36 Å². The highest BCUT2D eigenvalue weighted by atomic mass is 32.1. The lowest BCUT2D eigenvalue weighted by Crippen LogP contribution is -2.22. The molecule has 0 atom stereocenters. The van der Waals surface area contributed by atoms with E-state index in [1.165, 1.54) is 10.5 Å². The first kappa shape index (κ1) is 18.1. The van der Waals surface area contributed by atoms with Crippen LogP contribution in [-0.4, -0.2) is 19.1 Å². The predicted octanol–water partition coefficient (Wildman–Crippen LogP) is 4.53. The van der Waals surface area contributed by atoms with Crippen molar-refractivity contribution in [1.29, 1.82) is 0 Å². The minimum atomic E-state index is 0.00577. The van der Waals surface area contributed by atoms with Crippen molar-refractivity contribution < 1.29 is 0 Å². The molecule has 0 saturated carbocycles. The number of nitrogens with one attached hydrogen (secondary N) is 1. The summed E-state index contributed by atoms with van der Waals surface area (Å²) in [6.45, 7) is 3.38. The van der Waals surface area contributed by atoms with Gasteiger partial charge < -0.3 is 9.55 Å². The molecule has 0 fully saturated rings. The molecule has 140 valence electrons. The summed E-state index contributed by atoms with van der Waals surface area (Å²) in [5.41, 5.74) is 2.33. The van der Waals surface area contributed by atoms with E-state index in [1.54, 1.807) is 15.9 Å². The van der Waals surface area contributed by atoms with Crippen molar-refractivity contribution in [2.75, 3.05) is 0 Å². The number of allylic oxidation sites excluding steroid dienone is 4. The van der Waals surface area contributed by atoms with Gasteiger partial charge in [0.2, 0.25) is 0 Å². The average Bonchev–Trinajstić information content (AvgIpc) is 3.24. The second kappa shape index (κ2) is 7.78. The van der Waals surface area contributed by atoms with Crippen LogP contribution in [0.25, 0.3) is 10.2 Å². The third kappa shape index (κ3) is 4.04. The largest absolute Gasteiger partial charge is 0.337 e. The summed E-state index contributed by atoms with van der Waals surface area (Å²) in [7, 11) is 0. The maximum atomic E-state index is 12.9. The number of rotatable bonds is 6. The highest BCUT2D eigenvalue weighted by molar-refractivity contribution is 7.71. The first-order valence-corrected chi connectivity index (χ1v) is 10.4. The molecule has 0 unspecified atom stereocenters. The van der Waals surface area contributed by atoms with Gasteiger partial charge in [-0.15, -0.1) is 11.3 Å². The van der Waals surface area contributed by atoms with Crippen molar-refractivity contribution in [3.63, 3.8) is 0 Å². The van der Waals surface area contributed by atoms with Crippen LogP contribution in [0.15, 0.2) is 47.2 Å². The number of H-pyrrole nitrogens is 1. The second-order valence-electron chi connectivity index (χ2n) is 6.88. The number of nitrogens with zero attached hydrogens (tertiary/aromatic N) is 3. The molecule has 7 heteroatoms. The lowest BCUT2D eigenvalue weighted by Gasteiger charge is -2.06. The smallest absolute Gasteiger partial charge is 0.263 e. The fourth-order valence-corrected chi connectivity index (χ4v) is 4.81. The molecule has 1 aliphatic rings. The maximum absolute atomic E-state index is 12.9. The summed E-state index contributed by atoms with van der Waals surface area (Å²) in [4.78, 5) is 22.5. The molecule has 5 nitrogen and oxygen atoms in total. The third-order valence-electron chi connectivity index (χ3n) is 4.73. The quantitative estimate of drug-likeness (QED) is 0.621. The molecule has 4 rings (SSSR count). The number of aromatic amines is 1. The number of fused-ring (bicyclic) bond motifs is 1. The van der Waals surface area contributed by atoms with Crippen molar-refractivity contribution in [3.05, 3.63) is 68.1 Å². The summed E-state index contributed by atoms with van der Waals surface area (Å²) in [5, 5.41) is 0.738. The Labute approximate surface area is 166 Å². The Morgan fingerprint density at radius 2 is 2.22 bits per heavy atom. The summed E-state index contributed by atoms with van der Waals surface area (Å²) in [5.74, 6) is 0. The first-order valence-electron chi connectivity index (χ1n) is 9.19. The van der Waals surface area contributed by atoms with E-state index in [0.717, 1.165) is 48.1 Å². The van der Waals surface area contributed by atoms with Crippen LogP contribution in [0, 0.1) is 11.7 Å². The van der Waals surface area contributed by atoms with E-state index in [4.69, 9.17) is 12.2 Å². The molecule has 3 aromatic rings. The lowest BCUT2D eigenvalue weighted by molar-refractivity contribution is 0.546. The summed E-state index contributed by atoms with van der Waals surface area (Å²) in [6.07, 6.45) is 14.4. The van der Waals surface area contributed by atoms with Gasteiger partial charge in [0, 0.05) is 30.6 Å². The van der Waals surface area contributed by atoms with E-state index in [9.17, 15) is 4.79 Å². The van der Waals surface area contributed by atoms with E-state index in [1.807, 2.05) is 30.1 Å². The van der Waals surface area contributed by atoms with Gasteiger partial charge in [0.25, 0.3) is 5.56 Å². The number of hydrogen-bond donors (Lipinski definition) is 1. The zero-order valence-corrected chi connectivity index (χ0v) is 16.9. The molecule has 0 spiro atoms. The van der Waals surface area contributed by atoms with Crippen LogP contribution < -0.4 is 5.56 Å². The summed E-state index contributed by atoms with van der Waals surface area (Å²) >= 11 is 7.07. The zero-order chi connectivity index (χ0) is 18.8. The molecule has 27 heavy (non-hydrogen) atoms. The second-order valence-corrected chi connectivity index (χ2v) is 8.41. The van der Waals surface area contributed by atoms with Crippen molar-refractivity contribution in [1.82, 2.24) is 19.1 Å². The fraction of sp³-hybridized carbons (Fsp3) is 0.350. The Hall–Kier alpha value is -2.25. The van der Waals surface area contributed by atoms with Crippen LogP contribution in [0.5, 0.6) is 0 Å². The minimum Gasteiger partial charge on any atom is -0.337 e. The van der Waals surface area contributed by atoms with E-state index in [-0.39, 0.29) is 5.56 Å². The Morgan fingerprint density at radius 1 is 1.33 bits per heavy atom. The molecule has 0 saturated heterocycles. The van der Waals surface area contributed by atoms with Gasteiger partial charge in [0.1, 0.15) is 4.83 Å². The van der Waals surface area contributed by atoms with Crippen molar-refractivity contribution in [2.24, 2.45) is 0 Å². The minimum absolute atomic E-state index is 0.00577. The summed E-state index contributed by atoms with van der Waals surface area (Å²) in [6, 6.07) is 2.02. The molecule has 1 aliphatic carbocycles. The van der Waals surface area contributed by atoms with Gasteiger partial charge in [0.15, 0.2) is 4.77 Å². The first-order chi connectivity index (χ1) is 13.1. The van der Waals surface area contributed by atoms with Crippen LogP contribution in [-0.2, 0) is 19.5 Å². The molecule has 0 amide bonds. The Kier molecular flexibility index (Phi) is 5.22. The maximum Gasteiger partial charge on any atom is 0.263 e. The molecule has 0 aromatic carbocycles. The molecular formula is C20H22N4OS2. The highest BCUT2D eigenvalue weighted by Gasteiger charge is 2.11. The SMILES string of the molecule is Cc1cn(CCCn2c(=S)[nH]c3sc(CC4=CCCC=C4)cc3c2=O)cn1.